The minimum atomic E-state index is 0.550. The van der Waals surface area contributed by atoms with E-state index in [0.29, 0.717) is 28.4 Å². The summed E-state index contributed by atoms with van der Waals surface area (Å²) in [4.78, 5) is 11.0. The van der Waals surface area contributed by atoms with Crippen LogP contribution >= 0.6 is 0 Å². The number of benzene rings is 1. The van der Waals surface area contributed by atoms with Crippen LogP contribution in [0.4, 0.5) is 0 Å². The number of furan rings is 2. The Labute approximate surface area is 103 Å². The van der Waals surface area contributed by atoms with Crippen LogP contribution in [-0.4, -0.2) is 13.4 Å². The van der Waals surface area contributed by atoms with Crippen LogP contribution in [0.2, 0.25) is 0 Å². The molecule has 0 atom stereocenters. The van der Waals surface area contributed by atoms with Crippen molar-refractivity contribution in [3.63, 3.8) is 0 Å². The van der Waals surface area contributed by atoms with Crippen molar-refractivity contribution in [2.24, 2.45) is 0 Å². The monoisotopic (exact) mass is 242 g/mol. The minimum absolute atomic E-state index is 0.550. The quantitative estimate of drug-likeness (QED) is 0.659. The zero-order chi connectivity index (χ0) is 12.5. The summed E-state index contributed by atoms with van der Waals surface area (Å²) in [6.07, 6.45) is 2.36. The van der Waals surface area contributed by atoms with Gasteiger partial charge in [0.05, 0.1) is 13.4 Å². The third kappa shape index (κ3) is 1.50. The van der Waals surface area contributed by atoms with Crippen LogP contribution in [0.25, 0.3) is 22.5 Å². The van der Waals surface area contributed by atoms with Gasteiger partial charge in [-0.3, -0.25) is 4.79 Å². The largest absolute Gasteiger partial charge is 0.493 e. The third-order valence-corrected chi connectivity index (χ3v) is 2.79. The topological polar surface area (TPSA) is 52.6 Å². The van der Waals surface area contributed by atoms with Crippen LogP contribution in [0.15, 0.2) is 45.4 Å². The second-order valence-electron chi connectivity index (χ2n) is 3.81. The normalized spacial score (nSPS) is 10.7. The fourth-order valence-corrected chi connectivity index (χ4v) is 1.92. The summed E-state index contributed by atoms with van der Waals surface area (Å²) in [6.45, 7) is 0. The highest BCUT2D eigenvalue weighted by Gasteiger charge is 2.14. The van der Waals surface area contributed by atoms with E-state index < -0.39 is 0 Å². The third-order valence-electron chi connectivity index (χ3n) is 2.79. The number of hydrogen-bond donors (Lipinski definition) is 0. The van der Waals surface area contributed by atoms with E-state index in [4.69, 9.17) is 13.6 Å². The van der Waals surface area contributed by atoms with Gasteiger partial charge in [0.25, 0.3) is 0 Å². The first kappa shape index (κ1) is 10.7. The molecular weight excluding hydrogens is 232 g/mol. The van der Waals surface area contributed by atoms with Crippen LogP contribution in [0.5, 0.6) is 5.75 Å². The highest BCUT2D eigenvalue weighted by Crippen LogP contribution is 2.35. The average molecular weight is 242 g/mol. The van der Waals surface area contributed by atoms with Crippen LogP contribution in [0.1, 0.15) is 10.4 Å². The van der Waals surface area contributed by atoms with Crippen molar-refractivity contribution in [3.05, 3.63) is 42.2 Å². The van der Waals surface area contributed by atoms with Gasteiger partial charge in [0.2, 0.25) is 0 Å². The number of carbonyl (C=O) groups excluding carboxylic acids is 1. The predicted molar refractivity (Wildman–Crippen MR) is 65.9 cm³/mol. The molecule has 90 valence electrons. The van der Waals surface area contributed by atoms with Crippen LogP contribution in [0.3, 0.4) is 0 Å². The standard InChI is InChI=1S/C14H10O4/c1-16-12-5-4-9(8-15)10-7-13(18-14(10)12)11-3-2-6-17-11/h2-8H,1H3. The molecule has 0 aliphatic carbocycles. The van der Waals surface area contributed by atoms with Crippen LogP contribution in [0, 0.1) is 0 Å². The van der Waals surface area contributed by atoms with Gasteiger partial charge in [0, 0.05) is 10.9 Å². The van der Waals surface area contributed by atoms with Crippen molar-refractivity contribution in [3.8, 4) is 17.3 Å². The lowest BCUT2D eigenvalue weighted by molar-refractivity contribution is 0.112. The van der Waals surface area contributed by atoms with Crippen molar-refractivity contribution in [1.29, 1.82) is 0 Å². The molecule has 2 aromatic heterocycles. The summed E-state index contributed by atoms with van der Waals surface area (Å²) in [5.74, 6) is 1.78. The van der Waals surface area contributed by atoms with Gasteiger partial charge in [-0.2, -0.15) is 0 Å². The first-order chi connectivity index (χ1) is 8.83. The second-order valence-corrected chi connectivity index (χ2v) is 3.81. The van der Waals surface area contributed by atoms with Gasteiger partial charge in [-0.15, -0.1) is 0 Å². The Morgan fingerprint density at radius 2 is 2.11 bits per heavy atom. The molecule has 0 aliphatic rings. The molecule has 0 spiro atoms. The highest BCUT2D eigenvalue weighted by molar-refractivity contribution is 6.00. The van der Waals surface area contributed by atoms with Gasteiger partial charge >= 0.3 is 0 Å². The molecule has 0 fully saturated rings. The zero-order valence-electron chi connectivity index (χ0n) is 9.67. The number of ether oxygens (including phenoxy) is 1. The van der Waals surface area contributed by atoms with E-state index in [-0.39, 0.29) is 0 Å². The molecule has 0 saturated carbocycles. The number of hydrogen-bond acceptors (Lipinski definition) is 4. The Morgan fingerprint density at radius 3 is 2.78 bits per heavy atom. The van der Waals surface area contributed by atoms with E-state index in [1.807, 2.05) is 0 Å². The van der Waals surface area contributed by atoms with Crippen LogP contribution in [-0.2, 0) is 0 Å². The van der Waals surface area contributed by atoms with Gasteiger partial charge in [-0.05, 0) is 30.3 Å². The van der Waals surface area contributed by atoms with E-state index in [1.54, 1.807) is 43.7 Å². The predicted octanol–water partition coefficient (Wildman–Crippen LogP) is 3.51. The molecule has 4 heteroatoms. The van der Waals surface area contributed by atoms with Crippen molar-refractivity contribution in [1.82, 2.24) is 0 Å². The molecule has 0 aliphatic heterocycles. The molecule has 0 unspecified atom stereocenters. The van der Waals surface area contributed by atoms with Crippen LogP contribution < -0.4 is 4.74 Å². The molecule has 0 N–H and O–H groups in total. The summed E-state index contributed by atoms with van der Waals surface area (Å²) in [7, 11) is 1.56. The van der Waals surface area contributed by atoms with Crippen molar-refractivity contribution >= 4 is 17.3 Å². The number of aldehydes is 1. The Bertz CT molecular complexity index is 692. The van der Waals surface area contributed by atoms with E-state index in [9.17, 15) is 4.79 Å². The van der Waals surface area contributed by atoms with E-state index >= 15 is 0 Å². The maximum atomic E-state index is 11.0. The lowest BCUT2D eigenvalue weighted by atomic mass is 10.1. The summed E-state index contributed by atoms with van der Waals surface area (Å²) in [5.41, 5.74) is 1.11. The second kappa shape index (κ2) is 4.07. The minimum Gasteiger partial charge on any atom is -0.493 e. The first-order valence-corrected chi connectivity index (χ1v) is 5.43. The number of fused-ring (bicyclic) bond motifs is 1. The maximum absolute atomic E-state index is 11.0. The average Bonchev–Trinajstić information content (AvgIpc) is 3.05. The highest BCUT2D eigenvalue weighted by atomic mass is 16.5. The first-order valence-electron chi connectivity index (χ1n) is 5.43. The molecular formula is C14H10O4. The van der Waals surface area contributed by atoms with Gasteiger partial charge in [-0.1, -0.05) is 0 Å². The summed E-state index contributed by atoms with van der Waals surface area (Å²) in [5, 5.41) is 0.718. The Morgan fingerprint density at radius 1 is 1.22 bits per heavy atom. The lowest BCUT2D eigenvalue weighted by Crippen LogP contribution is -1.86. The van der Waals surface area contributed by atoms with Gasteiger partial charge in [0.1, 0.15) is 0 Å². The van der Waals surface area contributed by atoms with Crippen molar-refractivity contribution in [2.45, 2.75) is 0 Å². The van der Waals surface area contributed by atoms with E-state index in [2.05, 4.69) is 0 Å². The molecule has 0 bridgehead atoms. The van der Waals surface area contributed by atoms with E-state index in [1.165, 1.54) is 0 Å². The Hall–Kier alpha value is -2.49. The molecule has 4 nitrogen and oxygen atoms in total. The maximum Gasteiger partial charge on any atom is 0.177 e. The lowest BCUT2D eigenvalue weighted by Gasteiger charge is -2.00. The molecule has 18 heavy (non-hydrogen) atoms. The molecule has 0 radical (unpaired) electrons. The molecule has 0 saturated heterocycles. The molecule has 2 heterocycles. The summed E-state index contributed by atoms with van der Waals surface area (Å²) < 4.78 is 16.2. The van der Waals surface area contributed by atoms with Gasteiger partial charge < -0.3 is 13.6 Å². The van der Waals surface area contributed by atoms with E-state index in [0.717, 1.165) is 11.7 Å². The Balaban J connectivity index is 2.30. The van der Waals surface area contributed by atoms with Gasteiger partial charge in [0.15, 0.2) is 29.1 Å². The molecule has 3 rings (SSSR count). The van der Waals surface area contributed by atoms with Gasteiger partial charge in [-0.25, -0.2) is 0 Å². The fraction of sp³-hybridized carbons (Fsp3) is 0.0714. The number of carbonyl (C=O) groups is 1. The number of rotatable bonds is 3. The van der Waals surface area contributed by atoms with Crippen molar-refractivity contribution < 1.29 is 18.4 Å². The Kier molecular flexibility index (Phi) is 2.41. The summed E-state index contributed by atoms with van der Waals surface area (Å²) >= 11 is 0. The number of methoxy groups -OCH3 is 1. The fourth-order valence-electron chi connectivity index (χ4n) is 1.92. The molecule has 0 amide bonds. The smallest absolute Gasteiger partial charge is 0.177 e. The SMILES string of the molecule is COc1ccc(C=O)c2cc(-c3ccco3)oc12. The zero-order valence-corrected chi connectivity index (χ0v) is 9.67. The molecule has 1 aromatic carbocycles. The molecule has 3 aromatic rings. The summed E-state index contributed by atoms with van der Waals surface area (Å²) in [6, 6.07) is 8.77. The van der Waals surface area contributed by atoms with Crippen molar-refractivity contribution in [2.75, 3.05) is 7.11 Å².